The van der Waals surface area contributed by atoms with Gasteiger partial charge in [0.05, 0.1) is 0 Å². The Bertz CT molecular complexity index is 4320. The molecule has 0 bridgehead atoms. The van der Waals surface area contributed by atoms with E-state index in [0.717, 1.165) is 6.42 Å². The minimum absolute atomic E-state index is 0.0885. The standard InChI is InChI=1S/C74H54/c1-4-52-72(69-44(2)40-67-58(30-16-32-62(67)69)56-29-15-28-55-53-25-12-10-18-46(53)35-37-61(55)56)65-39-38-64(60-36-34-47-19-11-13-26-54(47)60)71(48-20-6-5-7-21-48)74(65)73(52)70-45(3)41-68-59(31-17-33-63(68)70)57-27-14-24-51-42-49-22-8-9-23-50(49)43-66(51)57/h5-43,60,69-70,72H,4H2,1-3H3. The van der Waals surface area contributed by atoms with Crippen LogP contribution in [0.5, 0.6) is 0 Å². The lowest BCUT2D eigenvalue weighted by Crippen LogP contribution is -2.12. The van der Waals surface area contributed by atoms with Crippen molar-refractivity contribution in [2.75, 3.05) is 0 Å². The van der Waals surface area contributed by atoms with Crippen LogP contribution in [0.3, 0.4) is 0 Å². The van der Waals surface area contributed by atoms with Crippen LogP contribution in [0.4, 0.5) is 0 Å². The second-order valence-corrected chi connectivity index (χ2v) is 21.3. The Labute approximate surface area is 434 Å². The van der Waals surface area contributed by atoms with Crippen LogP contribution in [0, 0.1) is 0 Å². The zero-order chi connectivity index (χ0) is 49.2. The largest absolute Gasteiger partial charge is 0.0720 e. The molecular formula is C74H54. The molecule has 0 saturated heterocycles. The molecule has 0 spiro atoms. The Morgan fingerprint density at radius 1 is 0.378 bits per heavy atom. The fourth-order valence-corrected chi connectivity index (χ4v) is 14.4. The maximum Gasteiger partial charge on any atom is 0.0311 e. The summed E-state index contributed by atoms with van der Waals surface area (Å²) >= 11 is 0. The van der Waals surface area contributed by atoms with Crippen LogP contribution in [0.15, 0.2) is 235 Å². The summed E-state index contributed by atoms with van der Waals surface area (Å²) in [6.45, 7) is 7.26. The molecule has 0 radical (unpaired) electrons. The third-order valence-corrected chi connectivity index (χ3v) is 17.5. The van der Waals surface area contributed by atoms with E-state index in [4.69, 9.17) is 0 Å². The van der Waals surface area contributed by atoms with E-state index in [0.29, 0.717) is 0 Å². The molecule has 15 rings (SSSR count). The number of allylic oxidation sites excluding steroid dienone is 5. The van der Waals surface area contributed by atoms with Crippen LogP contribution in [-0.2, 0) is 0 Å². The van der Waals surface area contributed by atoms with Gasteiger partial charge < -0.3 is 0 Å². The van der Waals surface area contributed by atoms with Crippen molar-refractivity contribution in [2.45, 2.75) is 50.9 Å². The summed E-state index contributed by atoms with van der Waals surface area (Å²) in [5.74, 6) is 0.567. The first kappa shape index (κ1) is 43.0. The summed E-state index contributed by atoms with van der Waals surface area (Å²) < 4.78 is 0. The highest BCUT2D eigenvalue weighted by Crippen LogP contribution is 2.63. The Morgan fingerprint density at radius 3 is 1.81 bits per heavy atom. The highest BCUT2D eigenvalue weighted by Gasteiger charge is 2.45. The van der Waals surface area contributed by atoms with Gasteiger partial charge in [0.1, 0.15) is 0 Å². The van der Waals surface area contributed by atoms with Gasteiger partial charge in [0, 0.05) is 23.7 Å². The Hall–Kier alpha value is -8.58. The van der Waals surface area contributed by atoms with Crippen molar-refractivity contribution in [2.24, 2.45) is 0 Å². The van der Waals surface area contributed by atoms with E-state index in [1.54, 1.807) is 5.57 Å². The summed E-state index contributed by atoms with van der Waals surface area (Å²) in [4.78, 5) is 0. The molecule has 350 valence electrons. The summed E-state index contributed by atoms with van der Waals surface area (Å²) in [6, 6.07) is 80.5. The molecule has 0 N–H and O–H groups in total. The molecule has 11 aromatic carbocycles. The Balaban J connectivity index is 0.967. The average molecular weight is 943 g/mol. The molecule has 0 heterocycles. The van der Waals surface area contributed by atoms with Crippen molar-refractivity contribution in [3.05, 3.63) is 285 Å². The van der Waals surface area contributed by atoms with Crippen LogP contribution in [-0.4, -0.2) is 0 Å². The van der Waals surface area contributed by atoms with E-state index >= 15 is 0 Å². The quantitative estimate of drug-likeness (QED) is 0.110. The highest BCUT2D eigenvalue weighted by molar-refractivity contribution is 6.13. The third kappa shape index (κ3) is 6.34. The second-order valence-electron chi connectivity index (χ2n) is 21.3. The maximum atomic E-state index is 2.57. The molecule has 74 heavy (non-hydrogen) atoms. The lowest BCUT2D eigenvalue weighted by molar-refractivity contribution is 0.672. The molecule has 0 aromatic heterocycles. The number of fused-ring (bicyclic) bond motifs is 9. The van der Waals surface area contributed by atoms with Crippen LogP contribution >= 0.6 is 0 Å². The topological polar surface area (TPSA) is 0 Å². The van der Waals surface area contributed by atoms with Crippen LogP contribution in [0.2, 0.25) is 0 Å². The van der Waals surface area contributed by atoms with E-state index in [1.165, 1.54) is 143 Å². The van der Waals surface area contributed by atoms with Gasteiger partial charge in [0.25, 0.3) is 0 Å². The van der Waals surface area contributed by atoms with Crippen molar-refractivity contribution < 1.29 is 0 Å². The molecule has 0 amide bonds. The molecule has 4 aliphatic carbocycles. The molecule has 4 atom stereocenters. The van der Waals surface area contributed by atoms with Gasteiger partial charge in [-0.1, -0.05) is 248 Å². The zero-order valence-electron chi connectivity index (χ0n) is 42.0. The van der Waals surface area contributed by atoms with Gasteiger partial charge in [0.15, 0.2) is 0 Å². The lowest BCUT2D eigenvalue weighted by atomic mass is 9.75. The number of rotatable bonds is 7. The van der Waals surface area contributed by atoms with Gasteiger partial charge in [-0.2, -0.15) is 0 Å². The maximum absolute atomic E-state index is 2.57. The van der Waals surface area contributed by atoms with Crippen LogP contribution in [0.1, 0.15) is 101 Å². The van der Waals surface area contributed by atoms with E-state index in [1.807, 2.05) is 0 Å². The zero-order valence-corrected chi connectivity index (χ0v) is 42.0. The van der Waals surface area contributed by atoms with Crippen molar-refractivity contribution in [1.29, 1.82) is 0 Å². The molecule has 0 nitrogen and oxygen atoms in total. The van der Waals surface area contributed by atoms with E-state index in [-0.39, 0.29) is 23.7 Å². The molecule has 11 aromatic rings. The number of hydrogen-bond donors (Lipinski definition) is 0. The molecule has 0 saturated carbocycles. The van der Waals surface area contributed by atoms with Gasteiger partial charge in [-0.3, -0.25) is 0 Å². The van der Waals surface area contributed by atoms with Crippen molar-refractivity contribution >= 4 is 66.9 Å². The first-order chi connectivity index (χ1) is 36.5. The molecule has 0 fully saturated rings. The van der Waals surface area contributed by atoms with E-state index in [2.05, 4.69) is 257 Å². The molecule has 0 aliphatic heterocycles. The van der Waals surface area contributed by atoms with Gasteiger partial charge in [-0.25, -0.2) is 0 Å². The van der Waals surface area contributed by atoms with Crippen molar-refractivity contribution in [3.63, 3.8) is 0 Å². The normalized spacial score (nSPS) is 18.3. The Morgan fingerprint density at radius 2 is 0.986 bits per heavy atom. The summed E-state index contributed by atoms with van der Waals surface area (Å²) in [5.41, 5.74) is 26.3. The summed E-state index contributed by atoms with van der Waals surface area (Å²) in [6.07, 6.45) is 10.8. The van der Waals surface area contributed by atoms with E-state index in [9.17, 15) is 0 Å². The fraction of sp³-hybridized carbons (Fsp3) is 0.108. The average Bonchev–Trinajstić information content (AvgIpc) is 4.23. The molecule has 4 unspecified atom stereocenters. The smallest absolute Gasteiger partial charge is 0.0311 e. The van der Waals surface area contributed by atoms with Crippen molar-refractivity contribution in [1.82, 2.24) is 0 Å². The predicted molar refractivity (Wildman–Crippen MR) is 316 cm³/mol. The second kappa shape index (κ2) is 16.7. The van der Waals surface area contributed by atoms with Crippen LogP contribution in [0.25, 0.3) is 100 Å². The SMILES string of the molecule is CCC1=C(C2C(C)=Cc3c(-c4cccc5cc6ccccc6cc45)cccc32)c2c(ccc(C3C=Cc4ccccc43)c2-c2ccccc2)C1C1C(C)=Cc2c(-c3cccc4c3ccc3ccccc34)cccc21. The van der Waals surface area contributed by atoms with Crippen LogP contribution < -0.4 is 0 Å². The van der Waals surface area contributed by atoms with Gasteiger partial charge in [-0.15, -0.1) is 0 Å². The first-order valence-corrected chi connectivity index (χ1v) is 26.7. The lowest BCUT2D eigenvalue weighted by Gasteiger charge is -2.28. The summed E-state index contributed by atoms with van der Waals surface area (Å²) in [7, 11) is 0. The first-order valence-electron chi connectivity index (χ1n) is 26.7. The molecule has 4 aliphatic rings. The number of hydrogen-bond acceptors (Lipinski definition) is 0. The minimum Gasteiger partial charge on any atom is -0.0720 e. The minimum atomic E-state index is 0.0885. The van der Waals surface area contributed by atoms with E-state index < -0.39 is 0 Å². The highest BCUT2D eigenvalue weighted by atomic mass is 14.5. The predicted octanol–water partition coefficient (Wildman–Crippen LogP) is 20.1. The third-order valence-electron chi connectivity index (χ3n) is 17.5. The number of benzene rings is 11. The van der Waals surface area contributed by atoms with Gasteiger partial charge >= 0.3 is 0 Å². The van der Waals surface area contributed by atoms with Gasteiger partial charge in [-0.05, 0) is 165 Å². The molecular weight excluding hydrogens is 889 g/mol. The summed E-state index contributed by atoms with van der Waals surface area (Å²) in [5, 5.41) is 10.3. The fourth-order valence-electron chi connectivity index (χ4n) is 14.4. The van der Waals surface area contributed by atoms with Crippen molar-refractivity contribution in [3.8, 4) is 33.4 Å². The molecule has 0 heteroatoms. The van der Waals surface area contributed by atoms with Gasteiger partial charge in [0.2, 0.25) is 0 Å². The Kier molecular flexibility index (Phi) is 9.74. The monoisotopic (exact) mass is 942 g/mol.